The van der Waals surface area contributed by atoms with Crippen LogP contribution >= 0.6 is 7.82 Å². The first-order valence-corrected chi connectivity index (χ1v) is 47.1. The van der Waals surface area contributed by atoms with Crippen LogP contribution in [0.3, 0.4) is 0 Å². The third-order valence-corrected chi connectivity index (χ3v) is 23.8. The van der Waals surface area contributed by atoms with E-state index in [1.54, 1.807) is 41.6 Å². The number of carbonyl (C=O) groups is 4. The number of fused-ring (bicyclic) bond motifs is 2. The first kappa shape index (κ1) is 96.7. The Bertz CT molecular complexity index is 3880. The highest BCUT2D eigenvalue weighted by molar-refractivity contribution is 7.86. The number of benzene rings is 2. The molecule has 0 fully saturated rings. The van der Waals surface area contributed by atoms with Crippen LogP contribution in [-0.2, 0) is 93.5 Å². The molecular formula is C78H125N4O23PS4. The summed E-state index contributed by atoms with van der Waals surface area (Å²) in [6.45, 7) is 7.66. The van der Waals surface area contributed by atoms with Gasteiger partial charge in [-0.15, -0.1) is 0 Å². The maximum absolute atomic E-state index is 13.0. The molecule has 3 atom stereocenters. The molecule has 6 N–H and O–H groups in total. The van der Waals surface area contributed by atoms with Crippen molar-refractivity contribution in [2.45, 2.75) is 286 Å². The number of phosphoric acid groups is 1. The zero-order valence-corrected chi connectivity index (χ0v) is 69.6. The lowest BCUT2D eigenvalue weighted by molar-refractivity contribution is -0.437. The Morgan fingerprint density at radius 3 is 1.65 bits per heavy atom. The molecule has 32 heteroatoms. The normalized spacial score (nSPS) is 16.5. The summed E-state index contributed by atoms with van der Waals surface area (Å²) in [5.74, 6) is -2.77. The third kappa shape index (κ3) is 38.4. The van der Waals surface area contributed by atoms with Crippen LogP contribution in [0.25, 0.3) is 0 Å². The van der Waals surface area contributed by atoms with Crippen LogP contribution in [0.5, 0.6) is 0 Å². The SMILES string of the molecule is CCCCCCCC/C=C\CCCCCCCC(=O)OC[C@H](COP(=O)(O)OCCNC(=O)OCCNC(=O)CCCCCC1(C)/C(=C/C=C/C2=[N+](CCCS(=O)(=O)O)c3ccc(S(=O)(=O)O)cc3C2(C)C)N(CCCS(=O)(=O)[O-])c2ccc(S(=O)(=O)O)cc21)OC(=O)CCCCCCC/C=C\CCCCCCCC. The largest absolute Gasteiger partial charge is 0.748 e. The molecule has 2 aromatic rings. The van der Waals surface area contributed by atoms with Crippen LogP contribution in [0.2, 0.25) is 0 Å². The van der Waals surface area contributed by atoms with E-state index >= 15 is 0 Å². The van der Waals surface area contributed by atoms with Gasteiger partial charge in [0.05, 0.1) is 50.8 Å². The fraction of sp³-hybridized carbons (Fsp3) is 0.679. The summed E-state index contributed by atoms with van der Waals surface area (Å²) >= 11 is 0. The summed E-state index contributed by atoms with van der Waals surface area (Å²) in [7, 11) is -23.2. The lowest BCUT2D eigenvalue weighted by Crippen LogP contribution is -2.32. The van der Waals surface area contributed by atoms with E-state index in [-0.39, 0.29) is 75.7 Å². The zero-order chi connectivity index (χ0) is 81.1. The highest BCUT2D eigenvalue weighted by atomic mass is 32.2. The fourth-order valence-corrected chi connectivity index (χ4v) is 16.3. The molecule has 0 spiro atoms. The van der Waals surface area contributed by atoms with E-state index in [0.717, 1.165) is 77.0 Å². The first-order chi connectivity index (χ1) is 52.1. The van der Waals surface area contributed by atoms with Crippen molar-refractivity contribution in [1.82, 2.24) is 10.6 Å². The second kappa shape index (κ2) is 50.5. The predicted molar refractivity (Wildman–Crippen MR) is 424 cm³/mol. The average molecular weight is 1650 g/mol. The number of esters is 2. The minimum atomic E-state index is -4.80. The van der Waals surface area contributed by atoms with Gasteiger partial charge in [0.15, 0.2) is 11.8 Å². The molecule has 4 rings (SSSR count). The number of hydrogen-bond donors (Lipinski definition) is 6. The highest BCUT2D eigenvalue weighted by Crippen LogP contribution is 2.52. The third-order valence-electron chi connectivity index (χ3n) is 19.5. The second-order valence-corrected chi connectivity index (χ2v) is 36.5. The first-order valence-electron chi connectivity index (χ1n) is 39.5. The predicted octanol–water partition coefficient (Wildman–Crippen LogP) is 15.4. The topological polar surface area (TPSA) is 402 Å². The van der Waals surface area contributed by atoms with Crippen LogP contribution in [0, 0.1) is 0 Å². The molecule has 27 nitrogen and oxygen atoms in total. The van der Waals surface area contributed by atoms with E-state index in [2.05, 4.69) is 48.8 Å². The summed E-state index contributed by atoms with van der Waals surface area (Å²) < 4.78 is 180. The number of alkyl carbamates (subject to hydrolysis) is 1. The molecule has 0 aromatic heterocycles. The molecule has 0 radical (unpaired) electrons. The van der Waals surface area contributed by atoms with Gasteiger partial charge in [0.1, 0.15) is 19.8 Å². The number of anilines is 1. The Balaban J connectivity index is 1.28. The number of phosphoric ester groups is 1. The summed E-state index contributed by atoms with van der Waals surface area (Å²) in [6.07, 6.45) is 42.2. The van der Waals surface area contributed by atoms with E-state index in [9.17, 15) is 80.5 Å². The molecule has 2 amide bonds. The maximum atomic E-state index is 13.0. The number of nitrogens with zero attached hydrogens (tertiary/aromatic N) is 2. The van der Waals surface area contributed by atoms with Gasteiger partial charge in [-0.2, -0.15) is 29.8 Å². The van der Waals surface area contributed by atoms with Crippen LogP contribution in [0.1, 0.15) is 270 Å². The molecule has 2 aromatic carbocycles. The van der Waals surface area contributed by atoms with Gasteiger partial charge < -0.3 is 39.2 Å². The molecule has 2 heterocycles. The zero-order valence-electron chi connectivity index (χ0n) is 65.4. The second-order valence-electron chi connectivity index (χ2n) is 29.2. The minimum absolute atomic E-state index is 0.0339. The van der Waals surface area contributed by atoms with E-state index < -0.39 is 119 Å². The monoisotopic (exact) mass is 1640 g/mol. The lowest BCUT2D eigenvalue weighted by atomic mass is 9.77. The van der Waals surface area contributed by atoms with Crippen LogP contribution in [0.4, 0.5) is 16.2 Å². The molecule has 0 bridgehead atoms. The Morgan fingerprint density at radius 1 is 0.582 bits per heavy atom. The Hall–Kier alpha value is -5.70. The van der Waals surface area contributed by atoms with E-state index in [1.807, 2.05) is 6.92 Å². The fourth-order valence-electron chi connectivity index (χ4n) is 13.5. The van der Waals surface area contributed by atoms with E-state index in [4.69, 9.17) is 23.3 Å². The van der Waals surface area contributed by atoms with Gasteiger partial charge in [0, 0.05) is 79.0 Å². The van der Waals surface area contributed by atoms with Crippen LogP contribution in [0.15, 0.2) is 94.4 Å². The van der Waals surface area contributed by atoms with Crippen LogP contribution < -0.4 is 15.5 Å². The van der Waals surface area contributed by atoms with Gasteiger partial charge in [0.2, 0.25) is 11.6 Å². The molecule has 0 saturated heterocycles. The van der Waals surface area contributed by atoms with Gasteiger partial charge in [-0.25, -0.2) is 17.8 Å². The highest BCUT2D eigenvalue weighted by Gasteiger charge is 2.46. The van der Waals surface area contributed by atoms with Gasteiger partial charge in [-0.1, -0.05) is 160 Å². The molecule has 2 aliphatic rings. The number of unbranched alkanes of at least 4 members (excludes halogenated alkanes) is 24. The van der Waals surface area contributed by atoms with Crippen LogP contribution in [-0.4, -0.2) is 161 Å². The molecule has 2 aliphatic heterocycles. The van der Waals surface area contributed by atoms with Crippen molar-refractivity contribution in [2.24, 2.45) is 0 Å². The minimum Gasteiger partial charge on any atom is -0.748 e. The molecule has 110 heavy (non-hydrogen) atoms. The van der Waals surface area contributed by atoms with Crippen molar-refractivity contribution >= 4 is 89.3 Å². The standard InChI is InChI=1S/C78H125N4O23PS4/c1-6-8-10-12-14-16-18-20-22-24-26-28-30-32-36-45-74(84)102-62-64(105-75(85)46-37-33-31-29-27-25-23-21-19-17-15-13-11-9-7-2)63-104-106(87,88)103-57-53-80-76(86)101-56-52-79-73(83)44-35-34-38-51-78(5)68-61-66(110(98,99)100)48-50-70(68)82(55-41-59-108(92,93)94)72(78)43-39-42-71-77(3,4)67-60-65(109(95,96)97)47-49-69(67)81(71)54-40-58-107(89,90)91/h20-23,39,42-43,47-50,60-61,64H,6-19,24-38,40-41,44-46,51-59,62-63H2,1-5H3,(H6-,79,80,83,86,87,88,89,90,91,92,93,94,95,96,97,98,99,100)/b22-20-,23-21-/t64-,78?/m1/s1. The van der Waals surface area contributed by atoms with Crippen molar-refractivity contribution in [3.05, 3.63) is 95.8 Å². The summed E-state index contributed by atoms with van der Waals surface area (Å²) in [5, 5.41) is 5.04. The van der Waals surface area contributed by atoms with Crippen molar-refractivity contribution in [2.75, 3.05) is 69.0 Å². The van der Waals surface area contributed by atoms with Crippen molar-refractivity contribution in [1.29, 1.82) is 0 Å². The molecule has 624 valence electrons. The van der Waals surface area contributed by atoms with Gasteiger partial charge in [0.25, 0.3) is 30.4 Å². The number of amides is 2. The summed E-state index contributed by atoms with van der Waals surface area (Å²) in [5.41, 5.74) is 0.859. The van der Waals surface area contributed by atoms with E-state index in [1.165, 1.54) is 113 Å². The number of hydrogen-bond acceptors (Lipinski definition) is 20. The maximum Gasteiger partial charge on any atom is 0.472 e. The van der Waals surface area contributed by atoms with Gasteiger partial charge in [-0.05, 0) is 146 Å². The Morgan fingerprint density at radius 2 is 1.09 bits per heavy atom. The Kier molecular flexibility index (Phi) is 44.4. The van der Waals surface area contributed by atoms with Crippen molar-refractivity contribution in [3.8, 4) is 0 Å². The number of ether oxygens (including phenoxy) is 3. The molecule has 0 saturated carbocycles. The van der Waals surface area contributed by atoms with Crippen molar-refractivity contribution < 1.29 is 108 Å². The summed E-state index contributed by atoms with van der Waals surface area (Å²) in [6, 6.07) is 7.96. The quantitative estimate of drug-likeness (QED) is 0.00681. The molecule has 2 unspecified atom stereocenters. The average Bonchev–Trinajstić information content (AvgIpc) is 1.59. The number of rotatable bonds is 61. The molecule has 0 aliphatic carbocycles. The lowest BCUT2D eigenvalue weighted by Gasteiger charge is -2.31. The summed E-state index contributed by atoms with van der Waals surface area (Å²) in [4.78, 5) is 62.9. The smallest absolute Gasteiger partial charge is 0.472 e. The molecular weight excluding hydrogens is 1520 g/mol. The number of nitrogens with one attached hydrogen (secondary N) is 2. The van der Waals surface area contributed by atoms with Crippen molar-refractivity contribution in [3.63, 3.8) is 0 Å². The van der Waals surface area contributed by atoms with Gasteiger partial charge in [-0.3, -0.25) is 37.1 Å². The number of carbonyl (C=O) groups excluding carboxylic acids is 4. The van der Waals surface area contributed by atoms with Gasteiger partial charge >= 0.3 is 25.9 Å². The van der Waals surface area contributed by atoms with E-state index in [0.29, 0.717) is 72.4 Å². The number of allylic oxidation sites excluding steroid dienone is 8. The Labute approximate surface area is 655 Å².